The third-order valence-electron chi connectivity index (χ3n) is 2.94. The Morgan fingerprint density at radius 1 is 1.40 bits per heavy atom. The van der Waals surface area contributed by atoms with Gasteiger partial charge >= 0.3 is 0 Å². The van der Waals surface area contributed by atoms with Crippen LogP contribution in [0.15, 0.2) is 12.1 Å². The van der Waals surface area contributed by atoms with Crippen molar-refractivity contribution >= 4 is 11.6 Å². The van der Waals surface area contributed by atoms with Crippen LogP contribution >= 0.6 is 0 Å². The average molecular weight is 288 g/mol. The number of carbonyl (C=O) groups is 1. The van der Waals surface area contributed by atoms with Gasteiger partial charge in [-0.3, -0.25) is 4.79 Å². The van der Waals surface area contributed by atoms with Gasteiger partial charge in [0.05, 0.1) is 12.2 Å². The maximum Gasteiger partial charge on any atom is 0.270 e. The van der Waals surface area contributed by atoms with E-state index in [0.29, 0.717) is 18.8 Å². The first-order valence-corrected chi connectivity index (χ1v) is 6.26. The van der Waals surface area contributed by atoms with Crippen molar-refractivity contribution in [1.29, 1.82) is 0 Å². The molecule has 0 bridgehead atoms. The number of nitrogens with one attached hydrogen (secondary N) is 2. The second-order valence-corrected chi connectivity index (χ2v) is 4.34. The third kappa shape index (κ3) is 3.60. The van der Waals surface area contributed by atoms with E-state index in [-0.39, 0.29) is 5.69 Å². The van der Waals surface area contributed by atoms with Crippen molar-refractivity contribution in [3.63, 3.8) is 0 Å². The zero-order valence-corrected chi connectivity index (χ0v) is 10.7. The maximum absolute atomic E-state index is 13.9. The number of rotatable bonds is 4. The zero-order valence-electron chi connectivity index (χ0n) is 10.7. The van der Waals surface area contributed by atoms with Crippen LogP contribution < -0.4 is 15.5 Å². The fourth-order valence-corrected chi connectivity index (χ4v) is 1.96. The van der Waals surface area contributed by atoms with E-state index < -0.39 is 24.8 Å². The molecule has 1 aromatic heterocycles. The molecule has 2 N–H and O–H groups in total. The van der Waals surface area contributed by atoms with Crippen molar-refractivity contribution in [1.82, 2.24) is 15.6 Å². The quantitative estimate of drug-likeness (QED) is 0.798. The van der Waals surface area contributed by atoms with Gasteiger partial charge in [0.15, 0.2) is 0 Å². The molecule has 2 rings (SSSR count). The molecule has 1 aliphatic rings. The van der Waals surface area contributed by atoms with Gasteiger partial charge < -0.3 is 15.5 Å². The second-order valence-electron chi connectivity index (χ2n) is 4.34. The average Bonchev–Trinajstić information content (AvgIpc) is 2.45. The van der Waals surface area contributed by atoms with Gasteiger partial charge in [-0.15, -0.1) is 0 Å². The SMILES string of the molecule is O=C(NCC(F)F)c1ccc(N2CCNCC2)c(F)n1. The molecular formula is C12H15F3N4O. The molecule has 1 fully saturated rings. The van der Waals surface area contributed by atoms with Crippen LogP contribution in [0.5, 0.6) is 0 Å². The smallest absolute Gasteiger partial charge is 0.270 e. The minimum atomic E-state index is -2.65. The van der Waals surface area contributed by atoms with Crippen LogP contribution in [0.4, 0.5) is 18.9 Å². The highest BCUT2D eigenvalue weighted by Gasteiger charge is 2.18. The van der Waals surface area contributed by atoms with E-state index in [1.807, 2.05) is 10.2 Å². The number of aromatic nitrogens is 1. The summed E-state index contributed by atoms with van der Waals surface area (Å²) in [6.45, 7) is 2.01. The number of carbonyl (C=O) groups excluding carboxylic acids is 1. The molecule has 1 aromatic rings. The molecule has 0 aliphatic carbocycles. The first-order valence-electron chi connectivity index (χ1n) is 6.26. The van der Waals surface area contributed by atoms with Gasteiger partial charge in [-0.1, -0.05) is 0 Å². The maximum atomic E-state index is 13.9. The topological polar surface area (TPSA) is 57.3 Å². The number of pyridine rings is 1. The molecule has 1 amide bonds. The number of anilines is 1. The first-order chi connectivity index (χ1) is 9.58. The number of nitrogens with zero attached hydrogens (tertiary/aromatic N) is 2. The van der Waals surface area contributed by atoms with Crippen LogP contribution in [-0.2, 0) is 0 Å². The lowest BCUT2D eigenvalue weighted by molar-refractivity contribution is 0.0886. The standard InChI is InChI=1S/C12H15F3N4O/c13-10(14)7-17-12(20)8-1-2-9(11(15)18-8)19-5-3-16-4-6-19/h1-2,10,16H,3-7H2,(H,17,20). The predicted molar refractivity (Wildman–Crippen MR) is 67.6 cm³/mol. The summed E-state index contributed by atoms with van der Waals surface area (Å²) < 4.78 is 37.8. The van der Waals surface area contributed by atoms with Gasteiger partial charge in [-0.2, -0.15) is 4.39 Å². The summed E-state index contributed by atoms with van der Waals surface area (Å²) in [5.74, 6) is -1.58. The number of amides is 1. The fourth-order valence-electron chi connectivity index (χ4n) is 1.96. The first kappa shape index (κ1) is 14.6. The molecule has 0 spiro atoms. The highest BCUT2D eigenvalue weighted by Crippen LogP contribution is 2.18. The summed E-state index contributed by atoms with van der Waals surface area (Å²) >= 11 is 0. The normalized spacial score (nSPS) is 15.5. The van der Waals surface area contributed by atoms with Crippen LogP contribution in [0, 0.1) is 5.95 Å². The Morgan fingerprint density at radius 3 is 2.70 bits per heavy atom. The number of hydrogen-bond acceptors (Lipinski definition) is 4. The van der Waals surface area contributed by atoms with Gasteiger partial charge in [0.1, 0.15) is 5.69 Å². The van der Waals surface area contributed by atoms with E-state index in [4.69, 9.17) is 0 Å². The summed E-state index contributed by atoms with van der Waals surface area (Å²) in [5.41, 5.74) is 0.110. The Bertz CT molecular complexity index is 478. The molecule has 5 nitrogen and oxygen atoms in total. The van der Waals surface area contributed by atoms with Gasteiger partial charge in [0, 0.05) is 26.2 Å². The Labute approximate surface area is 114 Å². The highest BCUT2D eigenvalue weighted by molar-refractivity contribution is 5.92. The molecule has 0 unspecified atom stereocenters. The van der Waals surface area contributed by atoms with Crippen LogP contribution in [0.25, 0.3) is 0 Å². The van der Waals surface area contributed by atoms with Crippen molar-refractivity contribution in [2.75, 3.05) is 37.6 Å². The van der Waals surface area contributed by atoms with E-state index in [2.05, 4.69) is 10.3 Å². The summed E-state index contributed by atoms with van der Waals surface area (Å²) in [6.07, 6.45) is -2.65. The van der Waals surface area contributed by atoms with Crippen molar-refractivity contribution in [2.24, 2.45) is 0 Å². The number of piperazine rings is 1. The van der Waals surface area contributed by atoms with Crippen molar-refractivity contribution < 1.29 is 18.0 Å². The van der Waals surface area contributed by atoms with Crippen molar-refractivity contribution in [3.05, 3.63) is 23.8 Å². The number of hydrogen-bond donors (Lipinski definition) is 2. The molecule has 0 aromatic carbocycles. The highest BCUT2D eigenvalue weighted by atomic mass is 19.3. The largest absolute Gasteiger partial charge is 0.365 e. The summed E-state index contributed by atoms with van der Waals surface area (Å²) in [5, 5.41) is 5.12. The molecule has 110 valence electrons. The molecule has 2 heterocycles. The predicted octanol–water partition coefficient (Wildman–Crippen LogP) is 0.625. The summed E-state index contributed by atoms with van der Waals surface area (Å²) in [4.78, 5) is 16.9. The van der Waals surface area contributed by atoms with Crippen LogP contribution in [-0.4, -0.2) is 50.0 Å². The zero-order chi connectivity index (χ0) is 14.5. The Kier molecular flexibility index (Phi) is 4.78. The van der Waals surface area contributed by atoms with E-state index in [1.165, 1.54) is 12.1 Å². The molecular weight excluding hydrogens is 273 g/mol. The van der Waals surface area contributed by atoms with Gasteiger partial charge in [0.2, 0.25) is 5.95 Å². The Balaban J connectivity index is 2.06. The van der Waals surface area contributed by atoms with Gasteiger partial charge in [0.25, 0.3) is 12.3 Å². The molecule has 0 radical (unpaired) electrons. The number of alkyl halides is 2. The summed E-state index contributed by atoms with van der Waals surface area (Å²) in [6, 6.07) is 2.78. The summed E-state index contributed by atoms with van der Waals surface area (Å²) in [7, 11) is 0. The van der Waals surface area contributed by atoms with Crippen molar-refractivity contribution in [2.45, 2.75) is 6.43 Å². The second kappa shape index (κ2) is 6.56. The molecule has 1 aliphatic heterocycles. The third-order valence-corrected chi connectivity index (χ3v) is 2.94. The lowest BCUT2D eigenvalue weighted by Gasteiger charge is -2.29. The lowest BCUT2D eigenvalue weighted by Crippen LogP contribution is -2.44. The van der Waals surface area contributed by atoms with E-state index >= 15 is 0 Å². The molecule has 8 heteroatoms. The Hall–Kier alpha value is -1.83. The van der Waals surface area contributed by atoms with Crippen LogP contribution in [0.1, 0.15) is 10.5 Å². The van der Waals surface area contributed by atoms with E-state index in [9.17, 15) is 18.0 Å². The Morgan fingerprint density at radius 2 is 2.10 bits per heavy atom. The van der Waals surface area contributed by atoms with Crippen LogP contribution in [0.2, 0.25) is 0 Å². The van der Waals surface area contributed by atoms with Gasteiger partial charge in [-0.05, 0) is 12.1 Å². The minimum Gasteiger partial charge on any atom is -0.365 e. The van der Waals surface area contributed by atoms with Crippen LogP contribution in [0.3, 0.4) is 0 Å². The van der Waals surface area contributed by atoms with E-state index in [0.717, 1.165) is 13.1 Å². The minimum absolute atomic E-state index is 0.206. The number of halogens is 3. The van der Waals surface area contributed by atoms with Crippen molar-refractivity contribution in [3.8, 4) is 0 Å². The molecule has 0 saturated carbocycles. The molecule has 20 heavy (non-hydrogen) atoms. The van der Waals surface area contributed by atoms with Gasteiger partial charge in [-0.25, -0.2) is 13.8 Å². The lowest BCUT2D eigenvalue weighted by atomic mass is 10.2. The molecule has 0 atom stereocenters. The fraction of sp³-hybridized carbons (Fsp3) is 0.500. The molecule has 1 saturated heterocycles. The monoisotopic (exact) mass is 288 g/mol. The van der Waals surface area contributed by atoms with E-state index in [1.54, 1.807) is 0 Å².